The topological polar surface area (TPSA) is 62.6 Å². The van der Waals surface area contributed by atoms with Crippen LogP contribution in [0.3, 0.4) is 0 Å². The van der Waals surface area contributed by atoms with Crippen molar-refractivity contribution in [3.63, 3.8) is 0 Å². The van der Waals surface area contributed by atoms with Crippen molar-refractivity contribution < 1.29 is 14.7 Å². The van der Waals surface area contributed by atoms with E-state index in [9.17, 15) is 0 Å². The van der Waals surface area contributed by atoms with Crippen LogP contribution in [0.4, 0.5) is 0 Å². The normalized spacial score (nSPS) is 9.67. The molecule has 0 fully saturated rings. The molecule has 0 aromatic carbocycles. The first-order valence-corrected chi connectivity index (χ1v) is 3.62. The quantitative estimate of drug-likeness (QED) is 0.519. The van der Waals surface area contributed by atoms with E-state index >= 15 is 0 Å². The van der Waals surface area contributed by atoms with Crippen molar-refractivity contribution in [2.75, 3.05) is 0 Å². The van der Waals surface area contributed by atoms with Gasteiger partial charge in [0.25, 0.3) is 0 Å². The van der Waals surface area contributed by atoms with Crippen molar-refractivity contribution in [3.8, 4) is 5.75 Å². The van der Waals surface area contributed by atoms with Gasteiger partial charge in [-0.25, -0.2) is 4.98 Å². The summed E-state index contributed by atoms with van der Waals surface area (Å²) >= 11 is 5.56. The second-order valence-electron chi connectivity index (χ2n) is 2.22. The standard InChI is InChI=1S/C6H7BClNO3/c1-4-2-6(8)9-3-5(4)12-7(10)11/h2-3,10-11H,1H3. The van der Waals surface area contributed by atoms with E-state index in [1.807, 2.05) is 0 Å². The molecule has 0 amide bonds. The van der Waals surface area contributed by atoms with Gasteiger partial charge < -0.3 is 14.7 Å². The fourth-order valence-electron chi connectivity index (χ4n) is 0.746. The summed E-state index contributed by atoms with van der Waals surface area (Å²) in [5, 5.41) is 17.3. The van der Waals surface area contributed by atoms with Crippen LogP contribution in [0.5, 0.6) is 5.75 Å². The summed E-state index contributed by atoms with van der Waals surface area (Å²) in [5.41, 5.74) is 0.697. The molecule has 0 unspecified atom stereocenters. The van der Waals surface area contributed by atoms with Crippen molar-refractivity contribution in [2.45, 2.75) is 6.92 Å². The maximum absolute atomic E-state index is 8.47. The van der Waals surface area contributed by atoms with Crippen molar-refractivity contribution in [2.24, 2.45) is 0 Å². The maximum Gasteiger partial charge on any atom is 0.707 e. The highest BCUT2D eigenvalue weighted by atomic mass is 35.5. The lowest BCUT2D eigenvalue weighted by Crippen LogP contribution is -2.21. The number of aromatic nitrogens is 1. The van der Waals surface area contributed by atoms with Crippen LogP contribution in [0.1, 0.15) is 5.56 Å². The zero-order valence-corrected chi connectivity index (χ0v) is 7.12. The van der Waals surface area contributed by atoms with Gasteiger partial charge in [-0.05, 0) is 18.6 Å². The zero-order chi connectivity index (χ0) is 9.14. The third-order valence-corrected chi connectivity index (χ3v) is 1.47. The van der Waals surface area contributed by atoms with Crippen LogP contribution >= 0.6 is 11.6 Å². The lowest BCUT2D eigenvalue weighted by Gasteiger charge is -2.06. The van der Waals surface area contributed by atoms with Gasteiger partial charge in [0.15, 0.2) is 0 Å². The molecule has 0 aliphatic carbocycles. The van der Waals surface area contributed by atoms with Gasteiger partial charge in [0, 0.05) is 0 Å². The molecule has 0 aliphatic heterocycles. The van der Waals surface area contributed by atoms with Gasteiger partial charge in [-0.1, -0.05) is 11.6 Å². The zero-order valence-electron chi connectivity index (χ0n) is 6.36. The first kappa shape index (κ1) is 9.31. The predicted molar refractivity (Wildman–Crippen MR) is 44.8 cm³/mol. The Morgan fingerprint density at radius 1 is 1.58 bits per heavy atom. The Kier molecular flexibility index (Phi) is 2.91. The summed E-state index contributed by atoms with van der Waals surface area (Å²) in [4.78, 5) is 3.71. The molecule has 2 N–H and O–H groups in total. The molecule has 0 aliphatic rings. The lowest BCUT2D eigenvalue weighted by atomic mass is 10.2. The Labute approximate surface area is 74.9 Å². The summed E-state index contributed by atoms with van der Waals surface area (Å²) in [5.74, 6) is 0.300. The fourth-order valence-corrected chi connectivity index (χ4v) is 0.959. The van der Waals surface area contributed by atoms with Crippen LogP contribution in [-0.2, 0) is 0 Å². The van der Waals surface area contributed by atoms with Crippen molar-refractivity contribution in [1.29, 1.82) is 0 Å². The Balaban J connectivity index is 2.86. The first-order valence-electron chi connectivity index (χ1n) is 3.24. The molecule has 0 bridgehead atoms. The van der Waals surface area contributed by atoms with Gasteiger partial charge in [0.1, 0.15) is 10.9 Å². The summed E-state index contributed by atoms with van der Waals surface area (Å²) in [6.45, 7) is 1.73. The number of hydrogen-bond acceptors (Lipinski definition) is 4. The first-order chi connectivity index (χ1) is 5.59. The van der Waals surface area contributed by atoms with E-state index in [1.165, 1.54) is 6.20 Å². The van der Waals surface area contributed by atoms with E-state index in [0.717, 1.165) is 0 Å². The summed E-state index contributed by atoms with van der Waals surface area (Å²) in [6, 6.07) is 1.57. The molecule has 1 aromatic heterocycles. The highest BCUT2D eigenvalue weighted by Crippen LogP contribution is 2.18. The smallest absolute Gasteiger partial charge is 0.510 e. The molecule has 0 saturated heterocycles. The minimum Gasteiger partial charge on any atom is -0.510 e. The Morgan fingerprint density at radius 2 is 2.25 bits per heavy atom. The molecular weight excluding hydrogens is 180 g/mol. The molecule has 0 radical (unpaired) electrons. The van der Waals surface area contributed by atoms with Gasteiger partial charge >= 0.3 is 7.32 Å². The lowest BCUT2D eigenvalue weighted by molar-refractivity contribution is 0.287. The number of aryl methyl sites for hydroxylation is 1. The maximum atomic E-state index is 8.47. The second-order valence-corrected chi connectivity index (χ2v) is 2.60. The molecule has 64 valence electrons. The monoisotopic (exact) mass is 187 g/mol. The van der Waals surface area contributed by atoms with Gasteiger partial charge in [0.2, 0.25) is 0 Å². The number of pyridine rings is 1. The molecule has 4 nitrogen and oxygen atoms in total. The van der Waals surface area contributed by atoms with Gasteiger partial charge in [-0.3, -0.25) is 0 Å². The molecule has 12 heavy (non-hydrogen) atoms. The van der Waals surface area contributed by atoms with Crippen LogP contribution < -0.4 is 4.65 Å². The molecule has 1 heterocycles. The molecule has 1 rings (SSSR count). The van der Waals surface area contributed by atoms with Crippen LogP contribution in [-0.4, -0.2) is 22.4 Å². The minimum atomic E-state index is -1.83. The highest BCUT2D eigenvalue weighted by Gasteiger charge is 2.12. The number of nitrogens with zero attached hydrogens (tertiary/aromatic N) is 1. The Morgan fingerprint density at radius 3 is 2.75 bits per heavy atom. The minimum absolute atomic E-state index is 0.300. The van der Waals surface area contributed by atoms with Crippen LogP contribution in [0.25, 0.3) is 0 Å². The highest BCUT2D eigenvalue weighted by molar-refractivity contribution is 6.33. The molecule has 1 aromatic rings. The van der Waals surface area contributed by atoms with Crippen LogP contribution in [0, 0.1) is 6.92 Å². The number of hydrogen-bond donors (Lipinski definition) is 2. The Bertz CT molecular complexity index is 281. The van der Waals surface area contributed by atoms with E-state index in [4.69, 9.17) is 21.6 Å². The average Bonchev–Trinajstić information content (AvgIpc) is 1.94. The van der Waals surface area contributed by atoms with E-state index in [1.54, 1.807) is 13.0 Å². The average molecular weight is 187 g/mol. The third-order valence-electron chi connectivity index (χ3n) is 1.26. The SMILES string of the molecule is Cc1cc(Cl)ncc1OB(O)O. The third kappa shape index (κ3) is 2.37. The summed E-state index contributed by atoms with van der Waals surface area (Å²) in [6.07, 6.45) is 1.33. The van der Waals surface area contributed by atoms with Gasteiger partial charge in [-0.15, -0.1) is 0 Å². The second kappa shape index (κ2) is 3.75. The van der Waals surface area contributed by atoms with E-state index in [-0.39, 0.29) is 0 Å². The largest absolute Gasteiger partial charge is 0.707 e. The predicted octanol–water partition coefficient (Wildman–Crippen LogP) is 0.392. The Hall–Kier alpha value is -0.775. The fraction of sp³-hybridized carbons (Fsp3) is 0.167. The summed E-state index contributed by atoms with van der Waals surface area (Å²) in [7, 11) is -1.83. The number of halogens is 1. The molecule has 0 spiro atoms. The molecule has 6 heteroatoms. The number of rotatable bonds is 2. The van der Waals surface area contributed by atoms with Gasteiger partial charge in [0.05, 0.1) is 6.20 Å². The van der Waals surface area contributed by atoms with Crippen molar-refractivity contribution >= 4 is 18.9 Å². The van der Waals surface area contributed by atoms with Crippen LogP contribution in [0.15, 0.2) is 12.3 Å². The molecular formula is C6H7BClNO3. The van der Waals surface area contributed by atoms with E-state index in [2.05, 4.69) is 9.64 Å². The van der Waals surface area contributed by atoms with E-state index in [0.29, 0.717) is 16.5 Å². The van der Waals surface area contributed by atoms with Crippen molar-refractivity contribution in [1.82, 2.24) is 4.98 Å². The van der Waals surface area contributed by atoms with Crippen molar-refractivity contribution in [3.05, 3.63) is 23.0 Å². The van der Waals surface area contributed by atoms with Gasteiger partial charge in [-0.2, -0.15) is 0 Å². The van der Waals surface area contributed by atoms with Crippen LogP contribution in [0.2, 0.25) is 5.15 Å². The molecule has 0 atom stereocenters. The summed E-state index contributed by atoms with van der Waals surface area (Å²) < 4.78 is 4.59. The molecule has 0 saturated carbocycles. The van der Waals surface area contributed by atoms with E-state index < -0.39 is 7.32 Å².